The molecule has 0 saturated carbocycles. The standard InChI is InChI=1S/C20H19N3O4S2/c1-13-19(25)23(20(28)29-13)21-11-14-8-9-16(17(10-14)26-2)27-12-18(24)22-15-6-4-3-5-7-15/h3-11,13H,12H2,1-2H3,(H,22,24)/b21-11-/t13-/m1/s1. The molecule has 0 bridgehead atoms. The Labute approximate surface area is 178 Å². The van der Waals surface area contributed by atoms with Crippen LogP contribution in [-0.4, -0.2) is 46.3 Å². The highest BCUT2D eigenvalue weighted by atomic mass is 32.2. The Kier molecular flexibility index (Phi) is 6.84. The summed E-state index contributed by atoms with van der Waals surface area (Å²) in [4.78, 5) is 24.1. The monoisotopic (exact) mass is 429 g/mol. The summed E-state index contributed by atoms with van der Waals surface area (Å²) < 4.78 is 11.3. The number of nitrogens with one attached hydrogen (secondary N) is 1. The molecule has 2 aromatic rings. The fourth-order valence-corrected chi connectivity index (χ4v) is 3.80. The summed E-state index contributed by atoms with van der Waals surface area (Å²) in [6.07, 6.45) is 1.53. The maximum atomic E-state index is 12.0. The van der Waals surface area contributed by atoms with Crippen LogP contribution in [-0.2, 0) is 9.59 Å². The molecule has 1 fully saturated rings. The average molecular weight is 430 g/mol. The molecule has 7 nitrogen and oxygen atoms in total. The molecule has 0 aromatic heterocycles. The number of carbonyl (C=O) groups is 2. The molecule has 1 saturated heterocycles. The molecule has 2 amide bonds. The molecule has 0 unspecified atom stereocenters. The number of hydrazone groups is 1. The van der Waals surface area contributed by atoms with E-state index < -0.39 is 0 Å². The molecule has 3 rings (SSSR count). The van der Waals surface area contributed by atoms with Crippen molar-refractivity contribution in [3.05, 3.63) is 54.1 Å². The van der Waals surface area contributed by atoms with Gasteiger partial charge in [-0.1, -0.05) is 42.2 Å². The van der Waals surface area contributed by atoms with E-state index in [1.165, 1.54) is 30.1 Å². The van der Waals surface area contributed by atoms with Crippen LogP contribution in [0.2, 0.25) is 0 Å². The van der Waals surface area contributed by atoms with Crippen LogP contribution >= 0.6 is 24.0 Å². The summed E-state index contributed by atoms with van der Waals surface area (Å²) in [5.74, 6) is 0.438. The van der Waals surface area contributed by atoms with Gasteiger partial charge in [-0.25, -0.2) is 0 Å². The van der Waals surface area contributed by atoms with Crippen LogP contribution in [0.3, 0.4) is 0 Å². The van der Waals surface area contributed by atoms with Crippen LogP contribution in [0.15, 0.2) is 53.6 Å². The average Bonchev–Trinajstić information content (AvgIpc) is 2.97. The predicted molar refractivity (Wildman–Crippen MR) is 118 cm³/mol. The lowest BCUT2D eigenvalue weighted by Crippen LogP contribution is -2.25. The quantitative estimate of drug-likeness (QED) is 0.537. The molecule has 0 aliphatic carbocycles. The van der Waals surface area contributed by atoms with Gasteiger partial charge in [0.15, 0.2) is 22.4 Å². The molecule has 150 valence electrons. The maximum Gasteiger partial charge on any atom is 0.262 e. The third-order valence-electron chi connectivity index (χ3n) is 3.93. The first-order valence-electron chi connectivity index (χ1n) is 8.72. The van der Waals surface area contributed by atoms with Crippen LogP contribution in [0, 0.1) is 0 Å². The first-order chi connectivity index (χ1) is 14.0. The molecule has 1 aliphatic rings. The number of hydrogen-bond acceptors (Lipinski definition) is 7. The Morgan fingerprint density at radius 2 is 2.03 bits per heavy atom. The van der Waals surface area contributed by atoms with Crippen LogP contribution < -0.4 is 14.8 Å². The summed E-state index contributed by atoms with van der Waals surface area (Å²) in [5, 5.41) is 7.90. The highest BCUT2D eigenvalue weighted by molar-refractivity contribution is 8.24. The van der Waals surface area contributed by atoms with Crippen LogP contribution in [0.5, 0.6) is 11.5 Å². The third-order valence-corrected chi connectivity index (χ3v) is 5.32. The predicted octanol–water partition coefficient (Wildman–Crippen LogP) is 3.30. The van der Waals surface area contributed by atoms with Crippen molar-refractivity contribution >= 4 is 52.0 Å². The Balaban J connectivity index is 1.63. The maximum absolute atomic E-state index is 12.0. The summed E-state index contributed by atoms with van der Waals surface area (Å²) in [6.45, 7) is 1.63. The second kappa shape index (κ2) is 9.53. The molecule has 0 spiro atoms. The van der Waals surface area contributed by atoms with E-state index in [9.17, 15) is 9.59 Å². The second-order valence-electron chi connectivity index (χ2n) is 6.03. The van der Waals surface area contributed by atoms with Crippen LogP contribution in [0.4, 0.5) is 5.69 Å². The molecule has 1 N–H and O–H groups in total. The minimum Gasteiger partial charge on any atom is -0.493 e. The number of benzene rings is 2. The Bertz CT molecular complexity index is 950. The summed E-state index contributed by atoms with van der Waals surface area (Å²) in [7, 11) is 1.50. The van der Waals surface area contributed by atoms with Gasteiger partial charge in [0.2, 0.25) is 0 Å². The lowest BCUT2D eigenvalue weighted by Gasteiger charge is -2.12. The fourth-order valence-electron chi connectivity index (χ4n) is 2.49. The van der Waals surface area contributed by atoms with Crippen molar-refractivity contribution < 1.29 is 19.1 Å². The summed E-state index contributed by atoms with van der Waals surface area (Å²) in [6, 6.07) is 14.3. The van der Waals surface area contributed by atoms with Gasteiger partial charge in [-0.2, -0.15) is 10.1 Å². The van der Waals surface area contributed by atoms with Gasteiger partial charge in [0.25, 0.3) is 11.8 Å². The molecule has 9 heteroatoms. The molecule has 0 radical (unpaired) electrons. The van der Waals surface area contributed by atoms with Gasteiger partial charge in [0.1, 0.15) is 0 Å². The smallest absolute Gasteiger partial charge is 0.262 e. The number of hydrogen-bond donors (Lipinski definition) is 1. The van der Waals surface area contributed by atoms with Crippen molar-refractivity contribution in [2.24, 2.45) is 5.10 Å². The highest BCUT2D eigenvalue weighted by Crippen LogP contribution is 2.29. The van der Waals surface area contributed by atoms with Crippen molar-refractivity contribution in [2.45, 2.75) is 12.2 Å². The molecule has 2 aromatic carbocycles. The zero-order valence-electron chi connectivity index (χ0n) is 15.8. The van der Waals surface area contributed by atoms with Gasteiger partial charge < -0.3 is 14.8 Å². The minimum atomic E-state index is -0.281. The lowest BCUT2D eigenvalue weighted by atomic mass is 10.2. The highest BCUT2D eigenvalue weighted by Gasteiger charge is 2.33. The zero-order chi connectivity index (χ0) is 20.8. The Morgan fingerprint density at radius 3 is 2.69 bits per heavy atom. The number of amides is 2. The topological polar surface area (TPSA) is 80.2 Å². The second-order valence-corrected chi connectivity index (χ2v) is 8.01. The first-order valence-corrected chi connectivity index (χ1v) is 10.0. The van der Waals surface area contributed by atoms with Crippen LogP contribution in [0.25, 0.3) is 0 Å². The third kappa shape index (κ3) is 5.33. The molecular weight excluding hydrogens is 410 g/mol. The molecule has 1 atom stereocenters. The zero-order valence-corrected chi connectivity index (χ0v) is 17.5. The number of thioether (sulfide) groups is 1. The van der Waals surface area contributed by atoms with E-state index >= 15 is 0 Å². The SMILES string of the molecule is COc1cc(/C=N\N2C(=O)[C@@H](C)SC2=S)ccc1OCC(=O)Nc1ccccc1. The van der Waals surface area contributed by atoms with Crippen molar-refractivity contribution in [2.75, 3.05) is 19.0 Å². The summed E-state index contributed by atoms with van der Waals surface area (Å²) >= 11 is 6.46. The van der Waals surface area contributed by atoms with Gasteiger partial charge in [-0.15, -0.1) is 0 Å². The lowest BCUT2D eigenvalue weighted by molar-refractivity contribution is -0.125. The van der Waals surface area contributed by atoms with Gasteiger partial charge in [0.05, 0.1) is 18.6 Å². The van der Waals surface area contributed by atoms with Gasteiger partial charge in [-0.3, -0.25) is 9.59 Å². The van der Waals surface area contributed by atoms with Gasteiger partial charge in [-0.05, 0) is 42.8 Å². The number of thiocarbonyl (C=S) groups is 1. The number of carbonyl (C=O) groups excluding carboxylic acids is 2. The van der Waals surface area contributed by atoms with Crippen molar-refractivity contribution in [1.82, 2.24) is 5.01 Å². The normalized spacial score (nSPS) is 16.3. The van der Waals surface area contributed by atoms with Crippen LogP contribution in [0.1, 0.15) is 12.5 Å². The molecule has 1 heterocycles. The van der Waals surface area contributed by atoms with E-state index in [1.54, 1.807) is 37.3 Å². The van der Waals surface area contributed by atoms with E-state index in [1.807, 2.05) is 18.2 Å². The number of para-hydroxylation sites is 1. The number of nitrogens with zero attached hydrogens (tertiary/aromatic N) is 2. The van der Waals surface area contributed by atoms with E-state index in [2.05, 4.69) is 10.4 Å². The number of anilines is 1. The number of methoxy groups -OCH3 is 1. The molecular formula is C20H19N3O4S2. The molecule has 1 aliphatic heterocycles. The van der Waals surface area contributed by atoms with Crippen molar-refractivity contribution in [3.8, 4) is 11.5 Å². The van der Waals surface area contributed by atoms with E-state index in [4.69, 9.17) is 21.7 Å². The van der Waals surface area contributed by atoms with E-state index in [0.29, 0.717) is 27.1 Å². The van der Waals surface area contributed by atoms with E-state index in [-0.39, 0.29) is 23.7 Å². The largest absolute Gasteiger partial charge is 0.493 e. The van der Waals surface area contributed by atoms with E-state index in [0.717, 1.165) is 0 Å². The van der Waals surface area contributed by atoms with Crippen molar-refractivity contribution in [1.29, 1.82) is 0 Å². The number of rotatable bonds is 7. The summed E-state index contributed by atoms with van der Waals surface area (Å²) in [5.41, 5.74) is 1.39. The minimum absolute atomic E-state index is 0.146. The Morgan fingerprint density at radius 1 is 1.28 bits per heavy atom. The van der Waals surface area contributed by atoms with Gasteiger partial charge in [0, 0.05) is 5.69 Å². The molecule has 29 heavy (non-hydrogen) atoms. The van der Waals surface area contributed by atoms with Crippen molar-refractivity contribution in [3.63, 3.8) is 0 Å². The van der Waals surface area contributed by atoms with Gasteiger partial charge >= 0.3 is 0 Å². The first kappa shape index (κ1) is 20.8. The fraction of sp³-hybridized carbons (Fsp3) is 0.200. The number of ether oxygens (including phenoxy) is 2. The Hall–Kier alpha value is -2.91.